The molecular formula is C16H20ClNO4. The van der Waals surface area contributed by atoms with Crippen LogP contribution in [0.3, 0.4) is 0 Å². The third kappa shape index (κ3) is 5.87. The van der Waals surface area contributed by atoms with Crippen LogP contribution in [-0.4, -0.2) is 30.7 Å². The normalized spacial score (nSPS) is 13.0. The molecule has 6 heteroatoms. The summed E-state index contributed by atoms with van der Waals surface area (Å²) in [6, 6.07) is 7.19. The molecule has 22 heavy (non-hydrogen) atoms. The van der Waals surface area contributed by atoms with E-state index in [1.807, 2.05) is 18.2 Å². The van der Waals surface area contributed by atoms with E-state index in [9.17, 15) is 9.59 Å². The van der Waals surface area contributed by atoms with Crippen LogP contribution in [0.5, 0.6) is 0 Å². The van der Waals surface area contributed by atoms with Gasteiger partial charge in [0.15, 0.2) is 12.2 Å². The Hall–Kier alpha value is -1.85. The summed E-state index contributed by atoms with van der Waals surface area (Å²) in [6.45, 7) is 7.05. The molecule has 1 aromatic rings. The fraction of sp³-hybridized carbons (Fsp3) is 0.375. The predicted octanol–water partition coefficient (Wildman–Crippen LogP) is 2.48. The number of hydrogen-bond donors (Lipinski definition) is 1. The highest BCUT2D eigenvalue weighted by Gasteiger charge is 2.22. The molecule has 0 aliphatic rings. The Balaban J connectivity index is 2.43. The van der Waals surface area contributed by atoms with Crippen molar-refractivity contribution in [3.63, 3.8) is 0 Å². The molecule has 1 rings (SSSR count). The molecule has 120 valence electrons. The van der Waals surface area contributed by atoms with Crippen molar-refractivity contribution in [2.24, 2.45) is 0 Å². The van der Waals surface area contributed by atoms with E-state index >= 15 is 0 Å². The molecule has 0 aliphatic heterocycles. The quantitative estimate of drug-likeness (QED) is 0.589. The first kappa shape index (κ1) is 18.2. The number of nitrogens with one attached hydrogen (secondary N) is 1. The lowest BCUT2D eigenvalue weighted by Crippen LogP contribution is -2.38. The molecule has 2 unspecified atom stereocenters. The fourth-order valence-electron chi connectivity index (χ4n) is 1.57. The van der Waals surface area contributed by atoms with E-state index in [-0.39, 0.29) is 13.2 Å². The summed E-state index contributed by atoms with van der Waals surface area (Å²) in [5.74, 6) is -0.994. The van der Waals surface area contributed by atoms with Gasteiger partial charge in [-0.1, -0.05) is 35.9 Å². The van der Waals surface area contributed by atoms with Gasteiger partial charge < -0.3 is 14.8 Å². The molecule has 0 radical (unpaired) electrons. The van der Waals surface area contributed by atoms with Crippen molar-refractivity contribution >= 4 is 23.5 Å². The number of benzene rings is 1. The van der Waals surface area contributed by atoms with Crippen molar-refractivity contribution in [1.82, 2.24) is 5.32 Å². The van der Waals surface area contributed by atoms with Crippen LogP contribution in [0.15, 0.2) is 36.9 Å². The van der Waals surface area contributed by atoms with Crippen LogP contribution in [0.25, 0.3) is 0 Å². The van der Waals surface area contributed by atoms with Crippen molar-refractivity contribution in [2.75, 3.05) is 6.61 Å². The van der Waals surface area contributed by atoms with Gasteiger partial charge in [-0.25, -0.2) is 4.79 Å². The summed E-state index contributed by atoms with van der Waals surface area (Å²) in [6.07, 6.45) is -0.134. The molecule has 0 aromatic heterocycles. The summed E-state index contributed by atoms with van der Waals surface area (Å²) in [4.78, 5) is 23.6. The van der Waals surface area contributed by atoms with Gasteiger partial charge >= 0.3 is 5.97 Å². The lowest BCUT2D eigenvalue weighted by molar-refractivity contribution is -0.164. The molecule has 0 fully saturated rings. The standard InChI is InChI=1S/C16H20ClNO4/c1-4-9-21-12(3)16(20)22-11(2)15(19)18-10-13-7-5-6-8-14(13)17/h4-8,11-12H,1,9-10H2,2-3H3,(H,18,19). The highest BCUT2D eigenvalue weighted by molar-refractivity contribution is 6.31. The van der Waals surface area contributed by atoms with Gasteiger partial charge in [0.25, 0.3) is 5.91 Å². The number of hydrogen-bond acceptors (Lipinski definition) is 4. The van der Waals surface area contributed by atoms with Gasteiger partial charge in [-0.05, 0) is 25.5 Å². The van der Waals surface area contributed by atoms with Crippen LogP contribution in [0.4, 0.5) is 0 Å². The van der Waals surface area contributed by atoms with E-state index in [0.29, 0.717) is 5.02 Å². The molecule has 0 bridgehead atoms. The summed E-state index contributed by atoms with van der Waals surface area (Å²) in [5, 5.41) is 3.24. The van der Waals surface area contributed by atoms with Crippen LogP contribution < -0.4 is 5.32 Å². The third-order valence-corrected chi connectivity index (χ3v) is 3.24. The zero-order valence-corrected chi connectivity index (χ0v) is 13.4. The Morgan fingerprint density at radius 3 is 2.64 bits per heavy atom. The van der Waals surface area contributed by atoms with Gasteiger partial charge in [0.2, 0.25) is 0 Å². The van der Waals surface area contributed by atoms with Crippen LogP contribution in [0.2, 0.25) is 5.02 Å². The van der Waals surface area contributed by atoms with Crippen molar-refractivity contribution < 1.29 is 19.1 Å². The molecule has 5 nitrogen and oxygen atoms in total. The minimum atomic E-state index is -0.912. The second-order valence-electron chi connectivity index (χ2n) is 4.65. The van der Waals surface area contributed by atoms with Crippen LogP contribution in [0.1, 0.15) is 19.4 Å². The first-order valence-corrected chi connectivity index (χ1v) is 7.27. The monoisotopic (exact) mass is 325 g/mol. The largest absolute Gasteiger partial charge is 0.451 e. The van der Waals surface area contributed by atoms with Gasteiger partial charge in [-0.2, -0.15) is 0 Å². The molecule has 0 heterocycles. The van der Waals surface area contributed by atoms with Crippen molar-refractivity contribution in [1.29, 1.82) is 0 Å². The molecule has 1 aromatic carbocycles. The number of halogens is 1. The van der Waals surface area contributed by atoms with Crippen molar-refractivity contribution in [2.45, 2.75) is 32.6 Å². The van der Waals surface area contributed by atoms with Gasteiger partial charge in [-0.3, -0.25) is 4.79 Å². The zero-order chi connectivity index (χ0) is 16.5. The van der Waals surface area contributed by atoms with E-state index in [1.165, 1.54) is 13.0 Å². The molecule has 2 atom stereocenters. The number of ether oxygens (including phenoxy) is 2. The second-order valence-corrected chi connectivity index (χ2v) is 5.06. The van der Waals surface area contributed by atoms with E-state index in [2.05, 4.69) is 11.9 Å². The number of amides is 1. The Bertz CT molecular complexity index is 533. The fourth-order valence-corrected chi connectivity index (χ4v) is 1.77. The van der Waals surface area contributed by atoms with Gasteiger partial charge in [-0.15, -0.1) is 6.58 Å². The van der Waals surface area contributed by atoms with E-state index < -0.39 is 24.1 Å². The molecular weight excluding hydrogens is 306 g/mol. The molecule has 0 aliphatic carbocycles. The summed E-state index contributed by atoms with van der Waals surface area (Å²) >= 11 is 6.00. The predicted molar refractivity (Wildman–Crippen MR) is 84.5 cm³/mol. The average Bonchev–Trinajstić information content (AvgIpc) is 2.51. The number of esters is 1. The topological polar surface area (TPSA) is 64.6 Å². The summed E-state index contributed by atoms with van der Waals surface area (Å²) in [5.41, 5.74) is 0.790. The Kier molecular flexibility index (Phi) is 7.63. The minimum absolute atomic E-state index is 0.239. The highest BCUT2D eigenvalue weighted by Crippen LogP contribution is 2.14. The van der Waals surface area contributed by atoms with Crippen molar-refractivity contribution in [3.05, 3.63) is 47.5 Å². The maximum Gasteiger partial charge on any atom is 0.335 e. The molecule has 0 saturated heterocycles. The van der Waals surface area contributed by atoms with Crippen LogP contribution in [0, 0.1) is 0 Å². The summed E-state index contributed by atoms with van der Waals surface area (Å²) < 4.78 is 10.2. The SMILES string of the molecule is C=CCOC(C)C(=O)OC(C)C(=O)NCc1ccccc1Cl. The summed E-state index contributed by atoms with van der Waals surface area (Å²) in [7, 11) is 0. The molecule has 1 amide bonds. The lowest BCUT2D eigenvalue weighted by Gasteiger charge is -2.16. The van der Waals surface area contributed by atoms with E-state index in [1.54, 1.807) is 13.0 Å². The van der Waals surface area contributed by atoms with Gasteiger partial charge in [0, 0.05) is 11.6 Å². The lowest BCUT2D eigenvalue weighted by atomic mass is 10.2. The maximum atomic E-state index is 11.9. The molecule has 0 saturated carbocycles. The van der Waals surface area contributed by atoms with Crippen molar-refractivity contribution in [3.8, 4) is 0 Å². The van der Waals surface area contributed by atoms with Crippen LogP contribution in [-0.2, 0) is 25.6 Å². The Morgan fingerprint density at radius 1 is 1.32 bits per heavy atom. The third-order valence-electron chi connectivity index (χ3n) is 2.87. The first-order valence-electron chi connectivity index (χ1n) is 6.89. The Morgan fingerprint density at radius 2 is 2.00 bits per heavy atom. The second kappa shape index (κ2) is 9.23. The van der Waals surface area contributed by atoms with Gasteiger partial charge in [0.05, 0.1) is 6.61 Å². The highest BCUT2D eigenvalue weighted by atomic mass is 35.5. The average molecular weight is 326 g/mol. The van der Waals surface area contributed by atoms with E-state index in [4.69, 9.17) is 21.1 Å². The number of carbonyl (C=O) groups is 2. The zero-order valence-electron chi connectivity index (χ0n) is 12.7. The maximum absolute atomic E-state index is 11.9. The smallest absolute Gasteiger partial charge is 0.335 e. The first-order chi connectivity index (χ1) is 10.5. The number of rotatable bonds is 8. The number of carbonyl (C=O) groups excluding carboxylic acids is 2. The van der Waals surface area contributed by atoms with Gasteiger partial charge in [0.1, 0.15) is 0 Å². The molecule has 1 N–H and O–H groups in total. The minimum Gasteiger partial charge on any atom is -0.451 e. The molecule has 0 spiro atoms. The van der Waals surface area contributed by atoms with E-state index in [0.717, 1.165) is 5.56 Å². The van der Waals surface area contributed by atoms with Crippen LogP contribution >= 0.6 is 11.6 Å². The Labute approximate surface area is 135 Å².